The van der Waals surface area contributed by atoms with E-state index < -0.39 is 0 Å². The van der Waals surface area contributed by atoms with Gasteiger partial charge in [0.25, 0.3) is 5.91 Å². The van der Waals surface area contributed by atoms with E-state index in [1.54, 1.807) is 13.0 Å². The third kappa shape index (κ3) is 3.03. The van der Waals surface area contributed by atoms with E-state index in [1.165, 1.54) is 6.07 Å². The van der Waals surface area contributed by atoms with Crippen molar-refractivity contribution in [3.05, 3.63) is 63.9 Å². The largest absolute Gasteiger partial charge is 0.378 e. The molecule has 1 fully saturated rings. The summed E-state index contributed by atoms with van der Waals surface area (Å²) in [6.07, 6.45) is 2.93. The summed E-state index contributed by atoms with van der Waals surface area (Å²) in [7, 11) is 0. The maximum atomic E-state index is 14.0. The molecule has 0 saturated carbocycles. The average Bonchev–Trinajstić information content (AvgIpc) is 2.91. The Hall–Kier alpha value is -2.89. The predicted molar refractivity (Wildman–Crippen MR) is 108 cm³/mol. The Bertz CT molecular complexity index is 1080. The van der Waals surface area contributed by atoms with Gasteiger partial charge in [0.15, 0.2) is 5.65 Å². The van der Waals surface area contributed by atoms with E-state index >= 15 is 0 Å². The van der Waals surface area contributed by atoms with Crippen LogP contribution in [0.5, 0.6) is 0 Å². The lowest BCUT2D eigenvalue weighted by molar-refractivity contribution is 0.0651. The van der Waals surface area contributed by atoms with Crippen LogP contribution in [0.25, 0.3) is 5.65 Å². The highest BCUT2D eigenvalue weighted by Gasteiger charge is 2.23. The number of imidazole rings is 1. The summed E-state index contributed by atoms with van der Waals surface area (Å²) in [6.45, 7) is 9.82. The number of hydrogen-bond acceptors (Lipinski definition) is 3. The van der Waals surface area contributed by atoms with Crippen LogP contribution in [0.3, 0.4) is 0 Å². The van der Waals surface area contributed by atoms with Crippen molar-refractivity contribution in [1.29, 1.82) is 0 Å². The standard InChI is InChI=1S/C22H25FN4O/c1-13-6-7-19(23)14(2)18(13)11-24-20-10-17(22(28)26-8-5-9-26)12-27-16(4)15(3)25-21(20)27/h6-7,10,12,24H,5,8-9,11H2,1-4H3. The Kier molecular flexibility index (Phi) is 4.57. The number of pyridine rings is 1. The molecule has 3 heterocycles. The van der Waals surface area contributed by atoms with Crippen LogP contribution in [0, 0.1) is 33.5 Å². The van der Waals surface area contributed by atoms with Gasteiger partial charge in [-0.3, -0.25) is 4.79 Å². The van der Waals surface area contributed by atoms with Crippen molar-refractivity contribution in [2.24, 2.45) is 0 Å². The molecule has 0 aliphatic carbocycles. The lowest BCUT2D eigenvalue weighted by Crippen LogP contribution is -2.42. The van der Waals surface area contributed by atoms with E-state index in [9.17, 15) is 9.18 Å². The van der Waals surface area contributed by atoms with Crippen molar-refractivity contribution in [2.75, 3.05) is 18.4 Å². The minimum atomic E-state index is -0.207. The van der Waals surface area contributed by atoms with Gasteiger partial charge in [-0.2, -0.15) is 0 Å². The van der Waals surface area contributed by atoms with Crippen molar-refractivity contribution in [3.63, 3.8) is 0 Å². The zero-order valence-corrected chi connectivity index (χ0v) is 16.8. The fraction of sp³-hybridized carbons (Fsp3) is 0.364. The van der Waals surface area contributed by atoms with Gasteiger partial charge < -0.3 is 14.6 Å². The number of likely N-dealkylation sites (tertiary alicyclic amines) is 1. The number of benzene rings is 1. The number of halogens is 1. The number of aromatic nitrogens is 2. The molecule has 0 radical (unpaired) electrons. The van der Waals surface area contributed by atoms with E-state index in [4.69, 9.17) is 0 Å². The Morgan fingerprint density at radius 1 is 1.21 bits per heavy atom. The van der Waals surface area contributed by atoms with Gasteiger partial charge >= 0.3 is 0 Å². The average molecular weight is 380 g/mol. The molecule has 6 heteroatoms. The third-order valence-corrected chi connectivity index (χ3v) is 5.81. The molecule has 2 aromatic heterocycles. The highest BCUT2D eigenvalue weighted by atomic mass is 19.1. The number of carbonyl (C=O) groups is 1. The molecule has 1 aliphatic heterocycles. The van der Waals surface area contributed by atoms with Crippen molar-refractivity contribution >= 4 is 17.2 Å². The zero-order chi connectivity index (χ0) is 20.0. The predicted octanol–water partition coefficient (Wildman–Crippen LogP) is 4.17. The minimum Gasteiger partial charge on any atom is -0.378 e. The highest BCUT2D eigenvalue weighted by molar-refractivity contribution is 5.96. The SMILES string of the molecule is Cc1ccc(F)c(C)c1CNc1cc(C(=O)N2CCC2)cn2c(C)c(C)nc12. The quantitative estimate of drug-likeness (QED) is 0.739. The first kappa shape index (κ1) is 18.5. The molecule has 1 saturated heterocycles. The Labute approximate surface area is 164 Å². The van der Waals surface area contributed by atoms with Crippen LogP contribution in [-0.2, 0) is 6.54 Å². The highest BCUT2D eigenvalue weighted by Crippen LogP contribution is 2.25. The first-order valence-corrected chi connectivity index (χ1v) is 9.64. The molecule has 0 unspecified atom stereocenters. The van der Waals surface area contributed by atoms with Crippen LogP contribution in [0.1, 0.15) is 44.9 Å². The van der Waals surface area contributed by atoms with E-state index in [2.05, 4.69) is 10.3 Å². The van der Waals surface area contributed by atoms with Gasteiger partial charge in [-0.25, -0.2) is 9.37 Å². The second-order valence-corrected chi connectivity index (χ2v) is 7.59. The van der Waals surface area contributed by atoms with Gasteiger partial charge in [0, 0.05) is 31.5 Å². The molecule has 5 nitrogen and oxygen atoms in total. The van der Waals surface area contributed by atoms with Crippen molar-refractivity contribution in [2.45, 2.75) is 40.7 Å². The first-order valence-electron chi connectivity index (χ1n) is 9.64. The third-order valence-electron chi connectivity index (χ3n) is 5.81. The van der Waals surface area contributed by atoms with E-state index in [0.29, 0.717) is 17.7 Å². The summed E-state index contributed by atoms with van der Waals surface area (Å²) in [5.41, 5.74) is 6.75. The van der Waals surface area contributed by atoms with E-state index in [1.807, 2.05) is 42.3 Å². The van der Waals surface area contributed by atoms with Crippen molar-refractivity contribution in [1.82, 2.24) is 14.3 Å². The summed E-state index contributed by atoms with van der Waals surface area (Å²) in [4.78, 5) is 19.3. The van der Waals surface area contributed by atoms with Crippen molar-refractivity contribution in [3.8, 4) is 0 Å². The minimum absolute atomic E-state index is 0.0417. The monoisotopic (exact) mass is 380 g/mol. The number of aryl methyl sites for hydroxylation is 3. The zero-order valence-electron chi connectivity index (χ0n) is 16.8. The summed E-state index contributed by atoms with van der Waals surface area (Å²) in [5, 5.41) is 3.40. The number of amides is 1. The van der Waals surface area contributed by atoms with Gasteiger partial charge in [0.1, 0.15) is 5.82 Å². The molecular formula is C22H25FN4O. The molecule has 28 heavy (non-hydrogen) atoms. The molecule has 146 valence electrons. The number of carbonyl (C=O) groups excluding carboxylic acids is 1. The van der Waals surface area contributed by atoms with Crippen LogP contribution in [0.2, 0.25) is 0 Å². The number of rotatable bonds is 4. The Balaban J connectivity index is 1.74. The maximum absolute atomic E-state index is 14.0. The lowest BCUT2D eigenvalue weighted by Gasteiger charge is -2.31. The lowest BCUT2D eigenvalue weighted by atomic mass is 10.0. The van der Waals surface area contributed by atoms with E-state index in [-0.39, 0.29) is 11.7 Å². The molecule has 0 spiro atoms. The fourth-order valence-electron chi connectivity index (χ4n) is 3.64. The van der Waals surface area contributed by atoms with Crippen molar-refractivity contribution < 1.29 is 9.18 Å². The van der Waals surface area contributed by atoms with Crippen LogP contribution >= 0.6 is 0 Å². The van der Waals surface area contributed by atoms with Gasteiger partial charge in [-0.1, -0.05) is 6.07 Å². The molecule has 0 bridgehead atoms. The summed E-state index contributed by atoms with van der Waals surface area (Å²) in [6, 6.07) is 5.16. The number of anilines is 1. The van der Waals surface area contributed by atoms with Crippen LogP contribution < -0.4 is 5.32 Å². The summed E-state index contributed by atoms with van der Waals surface area (Å²) < 4.78 is 16.0. The Morgan fingerprint density at radius 2 is 1.96 bits per heavy atom. The number of hydrogen-bond donors (Lipinski definition) is 1. The van der Waals surface area contributed by atoms with Gasteiger partial charge in [-0.05, 0) is 62.9 Å². The first-order chi connectivity index (χ1) is 13.4. The van der Waals surface area contributed by atoms with Gasteiger partial charge in [-0.15, -0.1) is 0 Å². The fourth-order valence-corrected chi connectivity index (χ4v) is 3.64. The van der Waals surface area contributed by atoms with Crippen LogP contribution in [0.4, 0.5) is 10.1 Å². The molecule has 1 aromatic carbocycles. The molecular weight excluding hydrogens is 355 g/mol. The molecule has 4 rings (SSSR count). The number of nitrogens with one attached hydrogen (secondary N) is 1. The second-order valence-electron chi connectivity index (χ2n) is 7.59. The normalized spacial score (nSPS) is 13.7. The van der Waals surface area contributed by atoms with Crippen LogP contribution in [-0.4, -0.2) is 33.3 Å². The summed E-state index contributed by atoms with van der Waals surface area (Å²) >= 11 is 0. The second kappa shape index (κ2) is 6.93. The molecule has 1 aliphatic rings. The number of nitrogens with zero attached hydrogens (tertiary/aromatic N) is 3. The van der Waals surface area contributed by atoms with Gasteiger partial charge in [0.2, 0.25) is 0 Å². The van der Waals surface area contributed by atoms with Gasteiger partial charge in [0.05, 0.1) is 16.9 Å². The smallest absolute Gasteiger partial charge is 0.255 e. The Morgan fingerprint density at radius 3 is 2.64 bits per heavy atom. The molecule has 0 atom stereocenters. The summed E-state index contributed by atoms with van der Waals surface area (Å²) in [5.74, 6) is -0.165. The topological polar surface area (TPSA) is 49.6 Å². The van der Waals surface area contributed by atoms with E-state index in [0.717, 1.165) is 53.4 Å². The molecule has 3 aromatic rings. The maximum Gasteiger partial charge on any atom is 0.255 e. The van der Waals surface area contributed by atoms with Crippen LogP contribution in [0.15, 0.2) is 24.4 Å². The molecule has 1 N–H and O–H groups in total. The number of fused-ring (bicyclic) bond motifs is 1. The molecule has 1 amide bonds.